The van der Waals surface area contributed by atoms with E-state index in [0.717, 1.165) is 5.56 Å². The molecule has 0 aliphatic heterocycles. The van der Waals surface area contributed by atoms with Gasteiger partial charge in [0.1, 0.15) is 18.1 Å². The zero-order valence-corrected chi connectivity index (χ0v) is 21.1. The van der Waals surface area contributed by atoms with Gasteiger partial charge in [-0.05, 0) is 36.8 Å². The predicted molar refractivity (Wildman–Crippen MR) is 137 cm³/mol. The van der Waals surface area contributed by atoms with Gasteiger partial charge in [-0.25, -0.2) is 4.79 Å². The third kappa shape index (κ3) is 11.5. The summed E-state index contributed by atoms with van der Waals surface area (Å²) in [5.41, 5.74) is 12.0. The number of nitrogens with two attached hydrogens (primary N) is 2. The van der Waals surface area contributed by atoms with Gasteiger partial charge in [-0.2, -0.15) is 24.4 Å². The molecule has 0 aromatic heterocycles. The Balaban J connectivity index is 2.84. The van der Waals surface area contributed by atoms with Crippen molar-refractivity contribution in [3.63, 3.8) is 0 Å². The number of thioether (sulfide) groups is 1. The number of nitrogens with one attached hydrogen (secondary N) is 3. The fourth-order valence-corrected chi connectivity index (χ4v) is 3.76. The second-order valence-corrected chi connectivity index (χ2v) is 9.14. The zero-order valence-electron chi connectivity index (χ0n) is 19.4. The molecule has 13 heteroatoms. The molecular weight excluding hydrogens is 494 g/mol. The van der Waals surface area contributed by atoms with Crippen LogP contribution in [0.5, 0.6) is 0 Å². The van der Waals surface area contributed by atoms with Crippen LogP contribution in [-0.2, 0) is 30.4 Å². The summed E-state index contributed by atoms with van der Waals surface area (Å²) < 4.78 is 0. The highest BCUT2D eigenvalue weighted by molar-refractivity contribution is 7.98. The van der Waals surface area contributed by atoms with Crippen molar-refractivity contribution in [2.75, 3.05) is 17.8 Å². The monoisotopic (exact) mass is 527 g/mol. The normalized spacial score (nSPS) is 14.1. The van der Waals surface area contributed by atoms with Crippen LogP contribution < -0.4 is 27.4 Å². The Kier molecular flexibility index (Phi) is 13.8. The number of rotatable bonds is 16. The number of thiol groups is 1. The second kappa shape index (κ2) is 16.0. The van der Waals surface area contributed by atoms with Crippen molar-refractivity contribution in [1.29, 1.82) is 0 Å². The Morgan fingerprint density at radius 1 is 0.943 bits per heavy atom. The number of hydrogen-bond acceptors (Lipinski definition) is 8. The van der Waals surface area contributed by atoms with Gasteiger partial charge in [-0.1, -0.05) is 30.3 Å². The van der Waals surface area contributed by atoms with Crippen LogP contribution in [0.25, 0.3) is 0 Å². The van der Waals surface area contributed by atoms with Gasteiger partial charge < -0.3 is 32.5 Å². The first kappa shape index (κ1) is 30.3. The zero-order chi connectivity index (χ0) is 26.4. The maximum atomic E-state index is 12.8. The summed E-state index contributed by atoms with van der Waals surface area (Å²) in [6, 6.07) is 4.65. The molecule has 0 fully saturated rings. The van der Waals surface area contributed by atoms with Crippen LogP contribution in [-0.4, -0.2) is 76.6 Å². The standard InChI is InChI=1S/C22H33N5O6S2/c1-35-10-9-16(22(32)33)26-20(30)15(7-8-18(24)28)25-21(31)17(12-34)27-19(29)14(23)11-13-5-3-2-4-6-13/h2-6,14-17,34H,7-12,23H2,1H3,(H2,24,28)(H,25,31)(H,26,30)(H,27,29)(H,32,33). The SMILES string of the molecule is CSCCC(NC(=O)C(CCC(N)=O)NC(=O)C(CS)NC(=O)C(N)Cc1ccccc1)C(=O)O. The van der Waals surface area contributed by atoms with E-state index < -0.39 is 53.8 Å². The summed E-state index contributed by atoms with van der Waals surface area (Å²) >= 11 is 5.52. The van der Waals surface area contributed by atoms with Gasteiger partial charge in [0.05, 0.1) is 6.04 Å². The molecule has 1 aromatic carbocycles. The fourth-order valence-electron chi connectivity index (χ4n) is 3.03. The lowest BCUT2D eigenvalue weighted by molar-refractivity contribution is -0.142. The van der Waals surface area contributed by atoms with Crippen LogP contribution in [0.4, 0.5) is 0 Å². The van der Waals surface area contributed by atoms with Crippen molar-refractivity contribution < 1.29 is 29.1 Å². The molecule has 0 saturated carbocycles. The van der Waals surface area contributed by atoms with Crippen LogP contribution in [0.1, 0.15) is 24.8 Å². The third-order valence-corrected chi connectivity index (χ3v) is 6.00. The lowest BCUT2D eigenvalue weighted by Crippen LogP contribution is -2.58. The molecule has 0 radical (unpaired) electrons. The molecule has 0 heterocycles. The van der Waals surface area contributed by atoms with Crippen LogP contribution in [0, 0.1) is 0 Å². The molecule has 0 saturated heterocycles. The summed E-state index contributed by atoms with van der Waals surface area (Å²) in [6.07, 6.45) is 1.86. The molecule has 194 valence electrons. The van der Waals surface area contributed by atoms with E-state index in [-0.39, 0.29) is 31.4 Å². The van der Waals surface area contributed by atoms with Crippen LogP contribution >= 0.6 is 24.4 Å². The van der Waals surface area contributed by atoms with Gasteiger partial charge in [-0.15, -0.1) is 0 Å². The molecule has 0 spiro atoms. The Morgan fingerprint density at radius 2 is 1.51 bits per heavy atom. The summed E-state index contributed by atoms with van der Waals surface area (Å²) in [4.78, 5) is 60.8. The molecule has 35 heavy (non-hydrogen) atoms. The minimum absolute atomic E-state index is 0.0920. The molecule has 0 aliphatic carbocycles. The topological polar surface area (TPSA) is 194 Å². The first-order chi connectivity index (χ1) is 16.6. The van der Waals surface area contributed by atoms with E-state index in [1.165, 1.54) is 11.8 Å². The molecule has 4 atom stereocenters. The lowest BCUT2D eigenvalue weighted by atomic mass is 10.1. The minimum atomic E-state index is -1.25. The molecule has 8 N–H and O–H groups in total. The molecule has 4 amide bonds. The van der Waals surface area contributed by atoms with Crippen molar-refractivity contribution in [1.82, 2.24) is 16.0 Å². The number of benzene rings is 1. The van der Waals surface area contributed by atoms with Crippen molar-refractivity contribution >= 4 is 54.0 Å². The van der Waals surface area contributed by atoms with Gasteiger partial charge >= 0.3 is 5.97 Å². The molecule has 1 aromatic rings. The van der Waals surface area contributed by atoms with E-state index in [1.807, 2.05) is 30.3 Å². The average molecular weight is 528 g/mol. The number of amides is 4. The molecule has 0 bridgehead atoms. The smallest absolute Gasteiger partial charge is 0.326 e. The lowest BCUT2D eigenvalue weighted by Gasteiger charge is -2.24. The highest BCUT2D eigenvalue weighted by Gasteiger charge is 2.30. The van der Waals surface area contributed by atoms with Crippen LogP contribution in [0.3, 0.4) is 0 Å². The van der Waals surface area contributed by atoms with Crippen molar-refractivity contribution in [3.8, 4) is 0 Å². The van der Waals surface area contributed by atoms with Gasteiger partial charge in [0.2, 0.25) is 23.6 Å². The van der Waals surface area contributed by atoms with Crippen molar-refractivity contribution in [2.45, 2.75) is 49.9 Å². The average Bonchev–Trinajstić information content (AvgIpc) is 2.82. The highest BCUT2D eigenvalue weighted by Crippen LogP contribution is 2.06. The third-order valence-electron chi connectivity index (χ3n) is 4.99. The Morgan fingerprint density at radius 3 is 2.06 bits per heavy atom. The molecule has 11 nitrogen and oxygen atoms in total. The fraction of sp³-hybridized carbons (Fsp3) is 0.500. The van der Waals surface area contributed by atoms with E-state index in [0.29, 0.717) is 5.75 Å². The first-order valence-corrected chi connectivity index (χ1v) is 12.9. The van der Waals surface area contributed by atoms with E-state index in [9.17, 15) is 29.1 Å². The number of aliphatic carboxylic acids is 1. The highest BCUT2D eigenvalue weighted by atomic mass is 32.2. The summed E-state index contributed by atoms with van der Waals surface area (Å²) in [7, 11) is 0. The number of carbonyl (C=O) groups excluding carboxylic acids is 4. The Bertz CT molecular complexity index is 873. The predicted octanol–water partition coefficient (Wildman–Crippen LogP) is -0.956. The molecular formula is C22H33N5O6S2. The number of carbonyl (C=O) groups is 5. The summed E-state index contributed by atoms with van der Waals surface area (Å²) in [6.45, 7) is 0. The second-order valence-electron chi connectivity index (χ2n) is 7.79. The van der Waals surface area contributed by atoms with E-state index >= 15 is 0 Å². The Hall–Kier alpha value is -2.77. The maximum Gasteiger partial charge on any atom is 0.326 e. The largest absolute Gasteiger partial charge is 0.480 e. The Labute approximate surface area is 213 Å². The molecule has 4 unspecified atom stereocenters. The van der Waals surface area contributed by atoms with Gasteiger partial charge in [0, 0.05) is 12.2 Å². The van der Waals surface area contributed by atoms with Gasteiger partial charge in [-0.3, -0.25) is 19.2 Å². The van der Waals surface area contributed by atoms with E-state index in [4.69, 9.17) is 11.5 Å². The number of carboxylic acids is 1. The van der Waals surface area contributed by atoms with Crippen molar-refractivity contribution in [2.24, 2.45) is 11.5 Å². The number of primary amides is 1. The van der Waals surface area contributed by atoms with Gasteiger partial charge in [0.25, 0.3) is 0 Å². The molecule has 0 aliphatic rings. The van der Waals surface area contributed by atoms with Crippen LogP contribution in [0.2, 0.25) is 0 Å². The first-order valence-electron chi connectivity index (χ1n) is 10.9. The quantitative estimate of drug-likeness (QED) is 0.134. The van der Waals surface area contributed by atoms with Gasteiger partial charge in [0.15, 0.2) is 0 Å². The maximum absolute atomic E-state index is 12.8. The van der Waals surface area contributed by atoms with E-state index in [1.54, 1.807) is 6.26 Å². The van der Waals surface area contributed by atoms with E-state index in [2.05, 4.69) is 28.6 Å². The van der Waals surface area contributed by atoms with Crippen molar-refractivity contribution in [3.05, 3.63) is 35.9 Å². The van der Waals surface area contributed by atoms with Crippen LogP contribution in [0.15, 0.2) is 30.3 Å². The summed E-state index contributed by atoms with van der Waals surface area (Å²) in [5.74, 6) is -3.61. The minimum Gasteiger partial charge on any atom is -0.480 e. The number of carboxylic acid groups (broad SMARTS) is 1. The molecule has 1 rings (SSSR count). The summed E-state index contributed by atoms with van der Waals surface area (Å²) in [5, 5.41) is 16.7. The number of hydrogen-bond donors (Lipinski definition) is 7.